The fraction of sp³-hybridized carbons (Fsp3) is 0.467. The number of benzene rings is 1. The molecule has 5 heteroatoms. The molecule has 0 unspecified atom stereocenters. The van der Waals surface area contributed by atoms with Crippen molar-refractivity contribution < 1.29 is 14.0 Å². The zero-order valence-electron chi connectivity index (χ0n) is 11.6. The Morgan fingerprint density at radius 2 is 1.65 bits per heavy atom. The molecule has 0 radical (unpaired) electrons. The van der Waals surface area contributed by atoms with Gasteiger partial charge in [-0.15, -0.1) is 0 Å². The highest BCUT2D eigenvalue weighted by molar-refractivity contribution is 5.94. The van der Waals surface area contributed by atoms with Gasteiger partial charge in [-0.1, -0.05) is 6.92 Å². The van der Waals surface area contributed by atoms with Crippen molar-refractivity contribution in [1.29, 1.82) is 0 Å². The van der Waals surface area contributed by atoms with Crippen LogP contribution in [0.1, 0.15) is 30.1 Å². The summed E-state index contributed by atoms with van der Waals surface area (Å²) >= 11 is 0. The minimum atomic E-state index is -0.350. The first-order chi connectivity index (χ1) is 9.61. The quantitative estimate of drug-likeness (QED) is 0.829. The molecule has 0 N–H and O–H groups in total. The smallest absolute Gasteiger partial charge is 0.253 e. The number of hydrogen-bond donors (Lipinski definition) is 0. The Bertz CT molecular complexity index is 487. The minimum absolute atomic E-state index is 0.101. The molecule has 2 rings (SSSR count). The number of hydrogen-bond acceptors (Lipinski definition) is 2. The first kappa shape index (κ1) is 14.5. The molecule has 1 aliphatic rings. The number of rotatable bonds is 2. The first-order valence-electron chi connectivity index (χ1n) is 6.94. The monoisotopic (exact) mass is 278 g/mol. The molecule has 0 spiro atoms. The van der Waals surface area contributed by atoms with Crippen molar-refractivity contribution in [2.75, 3.05) is 26.2 Å². The van der Waals surface area contributed by atoms with E-state index in [0.29, 0.717) is 38.2 Å². The van der Waals surface area contributed by atoms with Gasteiger partial charge >= 0.3 is 0 Å². The van der Waals surface area contributed by atoms with Gasteiger partial charge in [0.15, 0.2) is 0 Å². The van der Waals surface area contributed by atoms with Gasteiger partial charge in [0, 0.05) is 38.2 Å². The second kappa shape index (κ2) is 6.50. The molecule has 4 nitrogen and oxygen atoms in total. The molecule has 1 aliphatic heterocycles. The summed E-state index contributed by atoms with van der Waals surface area (Å²) in [6.07, 6.45) is 1.27. The predicted molar refractivity (Wildman–Crippen MR) is 73.8 cm³/mol. The number of halogens is 1. The van der Waals surface area contributed by atoms with Crippen LogP contribution in [-0.4, -0.2) is 47.8 Å². The Morgan fingerprint density at radius 3 is 2.30 bits per heavy atom. The number of carbonyl (C=O) groups excluding carboxylic acids is 2. The summed E-state index contributed by atoms with van der Waals surface area (Å²) in [6.45, 7) is 4.26. The molecule has 2 amide bonds. The van der Waals surface area contributed by atoms with Gasteiger partial charge in [-0.3, -0.25) is 9.59 Å². The molecule has 0 atom stereocenters. The normalized spacial score (nSPS) is 15.9. The summed E-state index contributed by atoms with van der Waals surface area (Å²) in [5.41, 5.74) is 0.488. The van der Waals surface area contributed by atoms with E-state index in [1.54, 1.807) is 9.80 Å². The van der Waals surface area contributed by atoms with Crippen molar-refractivity contribution in [2.45, 2.75) is 19.8 Å². The molecule has 0 aliphatic carbocycles. The van der Waals surface area contributed by atoms with E-state index in [1.165, 1.54) is 24.3 Å². The second-order valence-corrected chi connectivity index (χ2v) is 4.89. The van der Waals surface area contributed by atoms with Crippen LogP contribution in [0, 0.1) is 5.82 Å². The van der Waals surface area contributed by atoms with Gasteiger partial charge in [0.1, 0.15) is 5.82 Å². The lowest BCUT2D eigenvalue weighted by atomic mass is 10.2. The van der Waals surface area contributed by atoms with E-state index in [4.69, 9.17) is 0 Å². The van der Waals surface area contributed by atoms with Gasteiger partial charge in [0.25, 0.3) is 5.91 Å². The Labute approximate surface area is 118 Å². The van der Waals surface area contributed by atoms with Crippen LogP contribution in [0.3, 0.4) is 0 Å². The summed E-state index contributed by atoms with van der Waals surface area (Å²) in [6, 6.07) is 5.57. The van der Waals surface area contributed by atoms with Crippen LogP contribution in [0.4, 0.5) is 4.39 Å². The minimum Gasteiger partial charge on any atom is -0.341 e. The van der Waals surface area contributed by atoms with Crippen molar-refractivity contribution in [3.63, 3.8) is 0 Å². The lowest BCUT2D eigenvalue weighted by Crippen LogP contribution is -2.37. The van der Waals surface area contributed by atoms with E-state index in [0.717, 1.165) is 6.42 Å². The average molecular weight is 278 g/mol. The SMILES string of the molecule is CCC(=O)N1CCCN(C(=O)c2ccc(F)cc2)CC1. The van der Waals surface area contributed by atoms with Crippen LogP contribution < -0.4 is 0 Å². The molecular formula is C15H19FN2O2. The lowest BCUT2D eigenvalue weighted by molar-refractivity contribution is -0.130. The Morgan fingerprint density at radius 1 is 1.05 bits per heavy atom. The van der Waals surface area contributed by atoms with Crippen molar-refractivity contribution in [3.8, 4) is 0 Å². The van der Waals surface area contributed by atoms with E-state index in [1.807, 2.05) is 6.92 Å². The Balaban J connectivity index is 2.01. The van der Waals surface area contributed by atoms with E-state index >= 15 is 0 Å². The molecule has 0 aromatic heterocycles. The summed E-state index contributed by atoms with van der Waals surface area (Å²) in [5, 5.41) is 0. The number of nitrogens with zero attached hydrogens (tertiary/aromatic N) is 2. The molecule has 0 saturated carbocycles. The maximum Gasteiger partial charge on any atom is 0.253 e. The summed E-state index contributed by atoms with van der Waals surface area (Å²) in [5.74, 6) is -0.325. The maximum absolute atomic E-state index is 12.9. The fourth-order valence-electron chi connectivity index (χ4n) is 2.37. The maximum atomic E-state index is 12.9. The zero-order chi connectivity index (χ0) is 14.5. The molecular weight excluding hydrogens is 259 g/mol. The highest BCUT2D eigenvalue weighted by atomic mass is 19.1. The molecule has 20 heavy (non-hydrogen) atoms. The van der Waals surface area contributed by atoms with Gasteiger partial charge < -0.3 is 9.80 Å². The van der Waals surface area contributed by atoms with Crippen LogP contribution in [0.2, 0.25) is 0 Å². The number of carbonyl (C=O) groups is 2. The van der Waals surface area contributed by atoms with Gasteiger partial charge in [0.2, 0.25) is 5.91 Å². The van der Waals surface area contributed by atoms with Gasteiger partial charge in [-0.2, -0.15) is 0 Å². The van der Waals surface area contributed by atoms with E-state index in [2.05, 4.69) is 0 Å². The summed E-state index contributed by atoms with van der Waals surface area (Å²) in [7, 11) is 0. The molecule has 1 heterocycles. The van der Waals surface area contributed by atoms with Crippen molar-refractivity contribution in [1.82, 2.24) is 9.80 Å². The van der Waals surface area contributed by atoms with Crippen LogP contribution in [0.5, 0.6) is 0 Å². The lowest BCUT2D eigenvalue weighted by Gasteiger charge is -2.22. The Hall–Kier alpha value is -1.91. The average Bonchev–Trinajstić information content (AvgIpc) is 2.72. The topological polar surface area (TPSA) is 40.6 Å². The van der Waals surface area contributed by atoms with Crippen molar-refractivity contribution in [2.24, 2.45) is 0 Å². The van der Waals surface area contributed by atoms with Crippen LogP contribution >= 0.6 is 0 Å². The van der Waals surface area contributed by atoms with Gasteiger partial charge in [0.05, 0.1) is 0 Å². The molecule has 1 saturated heterocycles. The summed E-state index contributed by atoms with van der Waals surface area (Å²) in [4.78, 5) is 27.5. The Kier molecular flexibility index (Phi) is 4.71. The molecule has 0 bridgehead atoms. The fourth-order valence-corrected chi connectivity index (χ4v) is 2.37. The summed E-state index contributed by atoms with van der Waals surface area (Å²) < 4.78 is 12.9. The predicted octanol–water partition coefficient (Wildman–Crippen LogP) is 1.91. The third kappa shape index (κ3) is 3.35. The van der Waals surface area contributed by atoms with Crippen molar-refractivity contribution in [3.05, 3.63) is 35.6 Å². The highest BCUT2D eigenvalue weighted by Gasteiger charge is 2.21. The first-order valence-corrected chi connectivity index (χ1v) is 6.94. The van der Waals surface area contributed by atoms with Crippen LogP contribution in [0.25, 0.3) is 0 Å². The highest BCUT2D eigenvalue weighted by Crippen LogP contribution is 2.11. The molecule has 1 fully saturated rings. The van der Waals surface area contributed by atoms with Crippen molar-refractivity contribution >= 4 is 11.8 Å². The van der Waals surface area contributed by atoms with E-state index in [9.17, 15) is 14.0 Å². The van der Waals surface area contributed by atoms with Gasteiger partial charge in [-0.25, -0.2) is 4.39 Å². The second-order valence-electron chi connectivity index (χ2n) is 4.89. The third-order valence-electron chi connectivity index (χ3n) is 3.53. The number of amides is 2. The van der Waals surface area contributed by atoms with E-state index in [-0.39, 0.29) is 17.6 Å². The standard InChI is InChI=1S/C15H19FN2O2/c1-2-14(19)17-8-3-9-18(11-10-17)15(20)12-4-6-13(16)7-5-12/h4-7H,2-3,8-11H2,1H3. The zero-order valence-corrected chi connectivity index (χ0v) is 11.6. The van der Waals surface area contributed by atoms with Crippen LogP contribution in [0.15, 0.2) is 24.3 Å². The van der Waals surface area contributed by atoms with Gasteiger partial charge in [-0.05, 0) is 30.7 Å². The molecule has 1 aromatic rings. The molecule has 1 aromatic carbocycles. The third-order valence-corrected chi connectivity index (χ3v) is 3.53. The van der Waals surface area contributed by atoms with Crippen LogP contribution in [-0.2, 0) is 4.79 Å². The van der Waals surface area contributed by atoms with E-state index < -0.39 is 0 Å². The molecule has 108 valence electrons. The largest absolute Gasteiger partial charge is 0.341 e.